The highest BCUT2D eigenvalue weighted by molar-refractivity contribution is 5.71. The lowest BCUT2D eigenvalue weighted by Crippen LogP contribution is -2.30. The minimum absolute atomic E-state index is 0.125. The number of hydrogen-bond acceptors (Lipinski definition) is 6. The lowest BCUT2D eigenvalue weighted by Gasteiger charge is -2.18. The van der Waals surface area contributed by atoms with E-state index in [9.17, 15) is 14.4 Å². The van der Waals surface area contributed by atoms with Crippen molar-refractivity contribution < 1.29 is 28.6 Å². The average molecular weight is 835 g/mol. The SMILES string of the molecule is CC/C=C\C/C=C\C/C=C\CCCC(=O)OCC(COC(=O)CCC/C=C\C/C=C\C/C=C\CCCCCCCC)OC(=O)CCCCC/C=C\CCCCCCCCC. The van der Waals surface area contributed by atoms with E-state index < -0.39 is 6.10 Å². The van der Waals surface area contributed by atoms with E-state index in [2.05, 4.69) is 106 Å². The Labute approximate surface area is 369 Å². The number of allylic oxidation sites excluding steroid dienone is 14. The first-order chi connectivity index (χ1) is 29.5. The van der Waals surface area contributed by atoms with Crippen molar-refractivity contribution >= 4 is 17.9 Å². The summed E-state index contributed by atoms with van der Waals surface area (Å²) in [4.78, 5) is 37.8. The van der Waals surface area contributed by atoms with Crippen LogP contribution in [-0.2, 0) is 28.6 Å². The maximum absolute atomic E-state index is 12.7. The number of esters is 3. The molecule has 0 heterocycles. The monoisotopic (exact) mass is 835 g/mol. The van der Waals surface area contributed by atoms with Gasteiger partial charge >= 0.3 is 17.9 Å². The second kappa shape index (κ2) is 48.3. The summed E-state index contributed by atoms with van der Waals surface area (Å²) in [5.74, 6) is -1.05. The normalized spacial score (nSPS) is 12.8. The zero-order chi connectivity index (χ0) is 43.7. The van der Waals surface area contributed by atoms with Gasteiger partial charge in [0.15, 0.2) is 6.10 Å². The van der Waals surface area contributed by atoms with Gasteiger partial charge in [0.1, 0.15) is 13.2 Å². The van der Waals surface area contributed by atoms with E-state index in [1.54, 1.807) is 0 Å². The van der Waals surface area contributed by atoms with Crippen molar-refractivity contribution in [3.63, 3.8) is 0 Å². The van der Waals surface area contributed by atoms with Crippen LogP contribution in [0.1, 0.15) is 220 Å². The van der Waals surface area contributed by atoms with Gasteiger partial charge in [-0.2, -0.15) is 0 Å². The standard InChI is InChI=1S/C54H90O6/c1-4-7-10-13-16-19-22-24-26-27-28-30-32-35-38-41-44-47-53(56)59-50-51(49-58-52(55)46-43-40-37-34-31-21-18-15-12-9-6-3)60-54(57)48-45-42-39-36-33-29-25-23-20-17-14-11-8-5-2/h9,12,18,21,24,26,28-30,33-35,37-38,51H,4-8,10-11,13-17,19-20,22-23,25,27,31-32,36,39-50H2,1-3H3/b12-9-,21-18-,26-24-,30-28-,33-29-,37-34-,38-35-. The number of unbranched alkanes of at least 4 members (excludes halogenated alkanes) is 18. The molecule has 0 aromatic heterocycles. The first-order valence-corrected chi connectivity index (χ1v) is 24.6. The fraction of sp³-hybridized carbons (Fsp3) is 0.685. The predicted octanol–water partition coefficient (Wildman–Crippen LogP) is 16.0. The maximum Gasteiger partial charge on any atom is 0.306 e. The van der Waals surface area contributed by atoms with Crippen LogP contribution in [0.3, 0.4) is 0 Å². The molecule has 0 rings (SSSR count). The van der Waals surface area contributed by atoms with Crippen LogP contribution in [0, 0.1) is 0 Å². The fourth-order valence-corrected chi connectivity index (χ4v) is 6.42. The molecule has 0 spiro atoms. The van der Waals surface area contributed by atoms with E-state index in [-0.39, 0.29) is 50.4 Å². The molecule has 1 atom stereocenters. The van der Waals surface area contributed by atoms with E-state index in [1.807, 2.05) is 0 Å². The minimum atomic E-state index is -0.823. The summed E-state index contributed by atoms with van der Waals surface area (Å²) in [6.45, 7) is 6.39. The summed E-state index contributed by atoms with van der Waals surface area (Å²) in [7, 11) is 0. The van der Waals surface area contributed by atoms with Crippen molar-refractivity contribution in [2.24, 2.45) is 0 Å². The number of carbonyl (C=O) groups is 3. The zero-order valence-corrected chi connectivity index (χ0v) is 38.9. The summed E-state index contributed by atoms with van der Waals surface area (Å²) in [6, 6.07) is 0. The molecular weight excluding hydrogens is 745 g/mol. The van der Waals surface area contributed by atoms with Crippen molar-refractivity contribution in [3.05, 3.63) is 85.1 Å². The summed E-state index contributed by atoms with van der Waals surface area (Å²) in [5.41, 5.74) is 0. The largest absolute Gasteiger partial charge is 0.462 e. The van der Waals surface area contributed by atoms with Crippen LogP contribution >= 0.6 is 0 Å². The Balaban J connectivity index is 4.52. The van der Waals surface area contributed by atoms with Gasteiger partial charge in [-0.25, -0.2) is 0 Å². The lowest BCUT2D eigenvalue weighted by atomic mass is 10.1. The van der Waals surface area contributed by atoms with Crippen molar-refractivity contribution in [2.45, 2.75) is 226 Å². The van der Waals surface area contributed by atoms with Crippen molar-refractivity contribution in [2.75, 3.05) is 13.2 Å². The number of carbonyl (C=O) groups excluding carboxylic acids is 3. The average Bonchev–Trinajstić information content (AvgIpc) is 3.24. The molecule has 342 valence electrons. The van der Waals surface area contributed by atoms with Gasteiger partial charge in [-0.1, -0.05) is 183 Å². The molecule has 0 radical (unpaired) electrons. The first-order valence-electron chi connectivity index (χ1n) is 24.6. The Morgan fingerprint density at radius 3 is 1.08 bits per heavy atom. The second-order valence-electron chi connectivity index (χ2n) is 16.0. The molecule has 0 bridgehead atoms. The summed E-state index contributed by atoms with van der Waals surface area (Å²) < 4.78 is 16.6. The molecule has 60 heavy (non-hydrogen) atoms. The van der Waals surface area contributed by atoms with Crippen LogP contribution in [0.2, 0.25) is 0 Å². The van der Waals surface area contributed by atoms with Crippen LogP contribution in [0.4, 0.5) is 0 Å². The molecule has 0 fully saturated rings. The summed E-state index contributed by atoms with van der Waals surface area (Å²) in [5, 5.41) is 0. The van der Waals surface area contributed by atoms with Crippen molar-refractivity contribution in [1.29, 1.82) is 0 Å². The summed E-state index contributed by atoms with van der Waals surface area (Å²) in [6.07, 6.45) is 61.6. The molecule has 0 saturated heterocycles. The van der Waals surface area contributed by atoms with Crippen LogP contribution in [0.5, 0.6) is 0 Å². The second-order valence-corrected chi connectivity index (χ2v) is 16.0. The molecule has 6 heteroatoms. The van der Waals surface area contributed by atoms with E-state index in [1.165, 1.54) is 89.9 Å². The fourth-order valence-electron chi connectivity index (χ4n) is 6.42. The van der Waals surface area contributed by atoms with Crippen LogP contribution in [0.15, 0.2) is 85.1 Å². The number of hydrogen-bond donors (Lipinski definition) is 0. The third-order valence-corrected chi connectivity index (χ3v) is 10.1. The first kappa shape index (κ1) is 56.6. The maximum atomic E-state index is 12.7. The van der Waals surface area contributed by atoms with Gasteiger partial charge in [0.05, 0.1) is 0 Å². The number of ether oxygens (including phenoxy) is 3. The third-order valence-electron chi connectivity index (χ3n) is 10.1. The van der Waals surface area contributed by atoms with Gasteiger partial charge in [0.25, 0.3) is 0 Å². The molecule has 0 N–H and O–H groups in total. The highest BCUT2D eigenvalue weighted by Gasteiger charge is 2.19. The Kier molecular flexibility index (Phi) is 45.5. The van der Waals surface area contributed by atoms with E-state index in [0.29, 0.717) is 12.8 Å². The quantitative estimate of drug-likeness (QED) is 0.0263. The van der Waals surface area contributed by atoms with Gasteiger partial charge in [-0.05, 0) is 103 Å². The molecule has 0 aromatic carbocycles. The van der Waals surface area contributed by atoms with Crippen LogP contribution in [-0.4, -0.2) is 37.2 Å². The lowest BCUT2D eigenvalue weighted by molar-refractivity contribution is -0.167. The molecule has 6 nitrogen and oxygen atoms in total. The molecule has 0 aliphatic heterocycles. The minimum Gasteiger partial charge on any atom is -0.462 e. The van der Waals surface area contributed by atoms with Crippen molar-refractivity contribution in [3.8, 4) is 0 Å². The highest BCUT2D eigenvalue weighted by atomic mass is 16.6. The van der Waals surface area contributed by atoms with E-state index in [0.717, 1.165) is 77.0 Å². The molecule has 0 saturated carbocycles. The molecule has 0 amide bonds. The summed E-state index contributed by atoms with van der Waals surface area (Å²) >= 11 is 0. The van der Waals surface area contributed by atoms with Gasteiger partial charge in [-0.15, -0.1) is 0 Å². The van der Waals surface area contributed by atoms with Crippen molar-refractivity contribution in [1.82, 2.24) is 0 Å². The van der Waals surface area contributed by atoms with Gasteiger partial charge in [0.2, 0.25) is 0 Å². The van der Waals surface area contributed by atoms with Gasteiger partial charge < -0.3 is 14.2 Å². The van der Waals surface area contributed by atoms with Gasteiger partial charge in [-0.3, -0.25) is 14.4 Å². The van der Waals surface area contributed by atoms with E-state index in [4.69, 9.17) is 14.2 Å². The van der Waals surface area contributed by atoms with Crippen LogP contribution < -0.4 is 0 Å². The molecule has 1 unspecified atom stereocenters. The Morgan fingerprint density at radius 2 is 0.667 bits per heavy atom. The van der Waals surface area contributed by atoms with Gasteiger partial charge in [0, 0.05) is 19.3 Å². The molecule has 0 aliphatic carbocycles. The Morgan fingerprint density at radius 1 is 0.350 bits per heavy atom. The van der Waals surface area contributed by atoms with E-state index >= 15 is 0 Å². The third kappa shape index (κ3) is 45.7. The van der Waals surface area contributed by atoms with Crippen LogP contribution in [0.25, 0.3) is 0 Å². The predicted molar refractivity (Wildman–Crippen MR) is 256 cm³/mol. The number of rotatable bonds is 43. The molecule has 0 aliphatic rings. The molecular formula is C54H90O6. The highest BCUT2D eigenvalue weighted by Crippen LogP contribution is 2.12. The Hall–Kier alpha value is -3.41. The zero-order valence-electron chi connectivity index (χ0n) is 38.9. The topological polar surface area (TPSA) is 78.9 Å². The smallest absolute Gasteiger partial charge is 0.306 e. The Bertz CT molecular complexity index is 1190. The molecule has 0 aromatic rings.